The normalized spacial score (nSPS) is 16.9. The van der Waals surface area contributed by atoms with Crippen LogP contribution in [0.5, 0.6) is 0 Å². The summed E-state index contributed by atoms with van der Waals surface area (Å²) in [5, 5.41) is 2.45. The van der Waals surface area contributed by atoms with Crippen LogP contribution in [-0.4, -0.2) is 40.8 Å². The average Bonchev–Trinajstić information content (AvgIpc) is 3.40. The van der Waals surface area contributed by atoms with Crippen LogP contribution in [-0.2, 0) is 6.42 Å². The smallest absolute Gasteiger partial charge is 0.174 e. The molecule has 1 N–H and O–H groups in total. The molecule has 0 aliphatic carbocycles. The van der Waals surface area contributed by atoms with Gasteiger partial charge >= 0.3 is 0 Å². The summed E-state index contributed by atoms with van der Waals surface area (Å²) in [5.74, 6) is 1.17. The molecule has 1 aromatic carbocycles. The number of hydrogen-bond acceptors (Lipinski definition) is 4. The van der Waals surface area contributed by atoms with Crippen molar-refractivity contribution >= 4 is 28.0 Å². The molecule has 1 fully saturated rings. The van der Waals surface area contributed by atoms with Gasteiger partial charge in [0.25, 0.3) is 0 Å². The first-order valence-corrected chi connectivity index (χ1v) is 12.2. The number of H-pyrrole nitrogens is 1. The molecule has 0 bridgehead atoms. The molecule has 1 atom stereocenters. The van der Waals surface area contributed by atoms with Crippen molar-refractivity contribution in [1.29, 1.82) is 0 Å². The number of ketones is 1. The molecule has 4 rings (SSSR count). The van der Waals surface area contributed by atoms with Gasteiger partial charge < -0.3 is 9.88 Å². The van der Waals surface area contributed by atoms with Crippen molar-refractivity contribution in [1.82, 2.24) is 14.9 Å². The van der Waals surface area contributed by atoms with E-state index in [9.17, 15) is 4.79 Å². The molecule has 30 heavy (non-hydrogen) atoms. The van der Waals surface area contributed by atoms with E-state index in [4.69, 9.17) is 0 Å². The second-order valence-electron chi connectivity index (χ2n) is 8.84. The van der Waals surface area contributed by atoms with E-state index >= 15 is 0 Å². The van der Waals surface area contributed by atoms with E-state index < -0.39 is 0 Å². The molecule has 0 saturated carbocycles. The summed E-state index contributed by atoms with van der Waals surface area (Å²) in [6, 6.07) is 8.45. The maximum atomic E-state index is 13.1. The van der Waals surface area contributed by atoms with Gasteiger partial charge in [0.05, 0.1) is 9.88 Å². The Morgan fingerprint density at radius 2 is 2.10 bits per heavy atom. The van der Waals surface area contributed by atoms with Crippen molar-refractivity contribution in [3.63, 3.8) is 0 Å². The average molecular weight is 424 g/mol. The molecule has 3 heterocycles. The number of benzene rings is 1. The lowest BCUT2D eigenvalue weighted by atomic mass is 9.89. The highest BCUT2D eigenvalue weighted by Crippen LogP contribution is 2.32. The van der Waals surface area contributed by atoms with Gasteiger partial charge in [0, 0.05) is 35.6 Å². The van der Waals surface area contributed by atoms with E-state index in [1.165, 1.54) is 29.3 Å². The van der Waals surface area contributed by atoms with Gasteiger partial charge in [-0.05, 0) is 63.4 Å². The van der Waals surface area contributed by atoms with E-state index in [0.717, 1.165) is 48.7 Å². The number of thiazole rings is 1. The zero-order chi connectivity index (χ0) is 20.9. The summed E-state index contributed by atoms with van der Waals surface area (Å²) in [4.78, 5) is 24.4. The summed E-state index contributed by atoms with van der Waals surface area (Å²) in [6.45, 7) is 4.47. The van der Waals surface area contributed by atoms with Crippen LogP contribution in [0.4, 0.5) is 0 Å². The van der Waals surface area contributed by atoms with Crippen molar-refractivity contribution in [2.45, 2.75) is 57.8 Å². The van der Waals surface area contributed by atoms with Crippen molar-refractivity contribution in [2.24, 2.45) is 5.92 Å². The van der Waals surface area contributed by atoms with Gasteiger partial charge in [-0.2, -0.15) is 0 Å². The van der Waals surface area contributed by atoms with Crippen LogP contribution in [0.3, 0.4) is 0 Å². The molecule has 2 aromatic heterocycles. The van der Waals surface area contributed by atoms with Crippen molar-refractivity contribution in [3.05, 3.63) is 52.1 Å². The lowest BCUT2D eigenvalue weighted by molar-refractivity contribution is 0.0962. The fraction of sp³-hybridized carbons (Fsp3) is 0.520. The third kappa shape index (κ3) is 5.01. The van der Waals surface area contributed by atoms with Crippen LogP contribution in [0, 0.1) is 5.92 Å². The Kier molecular flexibility index (Phi) is 7.00. The highest BCUT2D eigenvalue weighted by atomic mass is 32.1. The number of rotatable bonds is 9. The van der Waals surface area contributed by atoms with E-state index in [1.807, 2.05) is 6.20 Å². The van der Waals surface area contributed by atoms with Gasteiger partial charge in [0.1, 0.15) is 0 Å². The summed E-state index contributed by atoms with van der Waals surface area (Å²) in [7, 11) is 2.18. The van der Waals surface area contributed by atoms with E-state index in [0.29, 0.717) is 18.3 Å². The number of nitrogens with one attached hydrogen (secondary N) is 1. The van der Waals surface area contributed by atoms with Crippen LogP contribution in [0.1, 0.15) is 71.6 Å². The number of aromatic amines is 1. The highest BCUT2D eigenvalue weighted by molar-refractivity contribution is 7.13. The monoisotopic (exact) mass is 423 g/mol. The Morgan fingerprint density at radius 1 is 1.30 bits per heavy atom. The molecule has 0 radical (unpaired) electrons. The topological polar surface area (TPSA) is 49.0 Å². The number of Topliss-reactive ketones (excluding diaryl/α,β-unsaturated/α-hetero) is 1. The number of fused-ring (bicyclic) bond motifs is 1. The van der Waals surface area contributed by atoms with Crippen LogP contribution < -0.4 is 0 Å². The number of para-hydroxylation sites is 1. The summed E-state index contributed by atoms with van der Waals surface area (Å²) >= 11 is 1.64. The number of hydrogen-bond donors (Lipinski definition) is 1. The molecular formula is C25H33N3OS. The van der Waals surface area contributed by atoms with Crippen LogP contribution >= 0.6 is 11.3 Å². The number of aromatic nitrogens is 2. The Morgan fingerprint density at radius 3 is 2.90 bits per heavy atom. The van der Waals surface area contributed by atoms with Gasteiger partial charge in [-0.25, -0.2) is 4.98 Å². The number of unbranched alkanes of at least 4 members (excludes halogenated alkanes) is 1. The number of carbonyl (C=O) groups is 1. The Balaban J connectivity index is 1.43. The van der Waals surface area contributed by atoms with E-state index in [-0.39, 0.29) is 5.78 Å². The zero-order valence-electron chi connectivity index (χ0n) is 18.2. The van der Waals surface area contributed by atoms with Crippen LogP contribution in [0.15, 0.2) is 36.7 Å². The highest BCUT2D eigenvalue weighted by Gasteiger charge is 2.24. The van der Waals surface area contributed by atoms with Gasteiger partial charge in [-0.1, -0.05) is 38.0 Å². The van der Waals surface area contributed by atoms with E-state index in [1.54, 1.807) is 11.3 Å². The predicted molar refractivity (Wildman–Crippen MR) is 126 cm³/mol. The molecule has 5 heteroatoms. The Bertz CT molecular complexity index is 968. The minimum Gasteiger partial charge on any atom is -0.361 e. The second kappa shape index (κ2) is 9.88. The first-order chi connectivity index (χ1) is 14.6. The van der Waals surface area contributed by atoms with Crippen LogP contribution in [0.25, 0.3) is 10.9 Å². The van der Waals surface area contributed by atoms with E-state index in [2.05, 4.69) is 59.3 Å². The fourth-order valence-corrected chi connectivity index (χ4v) is 5.64. The molecular weight excluding hydrogens is 390 g/mol. The van der Waals surface area contributed by atoms with Crippen molar-refractivity contribution < 1.29 is 4.79 Å². The molecule has 1 unspecified atom stereocenters. The minimum atomic E-state index is 0.271. The largest absolute Gasteiger partial charge is 0.361 e. The first-order valence-electron chi connectivity index (χ1n) is 11.4. The summed E-state index contributed by atoms with van der Waals surface area (Å²) < 4.78 is 0. The minimum absolute atomic E-state index is 0.271. The lowest BCUT2D eigenvalue weighted by Crippen LogP contribution is -2.29. The number of nitrogens with zero attached hydrogens (tertiary/aromatic N) is 2. The third-order valence-electron chi connectivity index (χ3n) is 6.49. The first kappa shape index (κ1) is 21.3. The molecule has 0 spiro atoms. The van der Waals surface area contributed by atoms with Gasteiger partial charge in [-0.15, -0.1) is 11.3 Å². The predicted octanol–water partition coefficient (Wildman–Crippen LogP) is 6.06. The Hall–Kier alpha value is -1.98. The Labute approximate surface area is 183 Å². The van der Waals surface area contributed by atoms with Gasteiger partial charge in [0.2, 0.25) is 0 Å². The number of piperidine rings is 1. The SMILES string of the molecule is CCCCC(CC(=O)c1cnc(C2CCN(C)CC2)s1)Cc1c[nH]c2ccccc12. The second-order valence-corrected chi connectivity index (χ2v) is 9.90. The molecule has 1 aliphatic rings. The molecule has 3 aromatic rings. The molecule has 160 valence electrons. The summed E-state index contributed by atoms with van der Waals surface area (Å²) in [6.07, 6.45) is 11.3. The van der Waals surface area contributed by atoms with Gasteiger partial charge in [0.15, 0.2) is 5.78 Å². The number of carbonyl (C=O) groups excluding carboxylic acids is 1. The molecule has 0 amide bonds. The third-order valence-corrected chi connectivity index (χ3v) is 7.69. The lowest BCUT2D eigenvalue weighted by Gasteiger charge is -2.27. The van der Waals surface area contributed by atoms with Crippen molar-refractivity contribution in [3.8, 4) is 0 Å². The maximum Gasteiger partial charge on any atom is 0.174 e. The number of likely N-dealkylation sites (tertiary alicyclic amines) is 1. The van der Waals surface area contributed by atoms with Gasteiger partial charge in [-0.3, -0.25) is 4.79 Å². The van der Waals surface area contributed by atoms with Crippen LogP contribution in [0.2, 0.25) is 0 Å². The summed E-state index contributed by atoms with van der Waals surface area (Å²) in [5.41, 5.74) is 2.51. The molecule has 4 nitrogen and oxygen atoms in total. The molecule has 1 aliphatic heterocycles. The fourth-order valence-electron chi connectivity index (χ4n) is 4.60. The molecule has 1 saturated heterocycles. The standard InChI is InChI=1S/C25H33N3OS/c1-3-4-7-18(14-20-16-26-22-9-6-5-8-21(20)22)15-23(29)24-17-27-25(30-24)19-10-12-28(2)13-11-19/h5-6,8-9,16-19,26H,3-4,7,10-15H2,1-2H3. The quantitative estimate of drug-likeness (QED) is 0.426. The maximum absolute atomic E-state index is 13.1. The zero-order valence-corrected chi connectivity index (χ0v) is 19.0. The van der Waals surface area contributed by atoms with Crippen molar-refractivity contribution in [2.75, 3.05) is 20.1 Å².